The van der Waals surface area contributed by atoms with Gasteiger partial charge in [-0.1, -0.05) is 60.7 Å². The van der Waals surface area contributed by atoms with E-state index < -0.39 is 0 Å². The Bertz CT molecular complexity index is 731. The van der Waals surface area contributed by atoms with Crippen molar-refractivity contribution >= 4 is 0 Å². The molecule has 0 saturated carbocycles. The van der Waals surface area contributed by atoms with Crippen molar-refractivity contribution < 1.29 is 4.74 Å². The van der Waals surface area contributed by atoms with Gasteiger partial charge in [0, 0.05) is 0 Å². The van der Waals surface area contributed by atoms with Crippen LogP contribution >= 0.6 is 0 Å². The summed E-state index contributed by atoms with van der Waals surface area (Å²) < 4.78 is 5.45. The highest BCUT2D eigenvalue weighted by Gasteiger charge is 2.12. The van der Waals surface area contributed by atoms with E-state index in [1.54, 1.807) is 7.11 Å². The molecule has 104 valence electrons. The Hall–Kier alpha value is -2.54. The largest absolute Gasteiger partial charge is 0.497 e. The zero-order valence-corrected chi connectivity index (χ0v) is 12.3. The Labute approximate surface area is 125 Å². The minimum absolute atomic E-state index is 0.894. The summed E-state index contributed by atoms with van der Waals surface area (Å²) in [5.41, 5.74) is 6.13. The lowest BCUT2D eigenvalue weighted by Gasteiger charge is -2.15. The highest BCUT2D eigenvalue weighted by Crippen LogP contribution is 2.37. The highest BCUT2D eigenvalue weighted by molar-refractivity contribution is 5.86. The number of ether oxygens (including phenoxy) is 1. The number of aryl methyl sites for hydroxylation is 1. The predicted octanol–water partition coefficient (Wildman–Crippen LogP) is 5.34. The molecule has 0 fully saturated rings. The standard InChI is InChI=1S/C20H18O/c1-15-13-18(21-2)14-19(16-9-5-3-6-10-16)20(15)17-11-7-4-8-12-17/h3-14H,1-2H3. The van der Waals surface area contributed by atoms with Crippen molar-refractivity contribution in [3.8, 4) is 28.0 Å². The smallest absolute Gasteiger partial charge is 0.119 e. The molecule has 0 radical (unpaired) electrons. The van der Waals surface area contributed by atoms with Crippen molar-refractivity contribution in [3.63, 3.8) is 0 Å². The number of methoxy groups -OCH3 is 1. The van der Waals surface area contributed by atoms with Crippen LogP contribution in [0, 0.1) is 6.92 Å². The minimum atomic E-state index is 0.894. The molecule has 0 unspecified atom stereocenters. The van der Waals surface area contributed by atoms with Crippen molar-refractivity contribution in [1.82, 2.24) is 0 Å². The van der Waals surface area contributed by atoms with Gasteiger partial charge in [-0.3, -0.25) is 0 Å². The maximum Gasteiger partial charge on any atom is 0.119 e. The van der Waals surface area contributed by atoms with E-state index >= 15 is 0 Å². The van der Waals surface area contributed by atoms with E-state index in [0.717, 1.165) is 5.75 Å². The molecule has 0 amide bonds. The number of hydrogen-bond donors (Lipinski definition) is 0. The molecule has 0 heterocycles. The molecule has 0 bridgehead atoms. The van der Waals surface area contributed by atoms with E-state index in [1.807, 2.05) is 12.1 Å². The Kier molecular flexibility index (Phi) is 3.74. The van der Waals surface area contributed by atoms with Crippen LogP contribution in [0.2, 0.25) is 0 Å². The second-order valence-electron chi connectivity index (χ2n) is 5.10. The maximum atomic E-state index is 5.45. The van der Waals surface area contributed by atoms with Crippen molar-refractivity contribution in [2.75, 3.05) is 7.11 Å². The fraction of sp³-hybridized carbons (Fsp3) is 0.100. The lowest BCUT2D eigenvalue weighted by molar-refractivity contribution is 0.414. The maximum absolute atomic E-state index is 5.45. The van der Waals surface area contributed by atoms with Crippen LogP contribution in [0.1, 0.15) is 5.56 Å². The van der Waals surface area contributed by atoms with Gasteiger partial charge in [0.1, 0.15) is 5.75 Å². The van der Waals surface area contributed by atoms with Gasteiger partial charge in [-0.25, -0.2) is 0 Å². The fourth-order valence-electron chi connectivity index (χ4n) is 2.71. The van der Waals surface area contributed by atoms with Crippen LogP contribution in [0.3, 0.4) is 0 Å². The molecule has 0 N–H and O–H groups in total. The summed E-state index contributed by atoms with van der Waals surface area (Å²) in [6.45, 7) is 2.14. The SMILES string of the molecule is COc1cc(C)c(-c2ccccc2)c(-c2ccccc2)c1. The molecule has 3 aromatic carbocycles. The number of rotatable bonds is 3. The lowest BCUT2D eigenvalue weighted by Crippen LogP contribution is -1.92. The van der Waals surface area contributed by atoms with Crippen LogP contribution in [-0.4, -0.2) is 7.11 Å². The van der Waals surface area contributed by atoms with Crippen LogP contribution in [-0.2, 0) is 0 Å². The highest BCUT2D eigenvalue weighted by atomic mass is 16.5. The molecule has 0 aliphatic carbocycles. The average Bonchev–Trinajstić information content (AvgIpc) is 2.55. The van der Waals surface area contributed by atoms with Gasteiger partial charge in [-0.15, -0.1) is 0 Å². The molecule has 0 aliphatic rings. The van der Waals surface area contributed by atoms with Gasteiger partial charge >= 0.3 is 0 Å². The van der Waals surface area contributed by atoms with Crippen LogP contribution in [0.15, 0.2) is 72.8 Å². The van der Waals surface area contributed by atoms with Crippen molar-refractivity contribution in [1.29, 1.82) is 0 Å². The van der Waals surface area contributed by atoms with Gasteiger partial charge in [-0.2, -0.15) is 0 Å². The van der Waals surface area contributed by atoms with Crippen LogP contribution in [0.4, 0.5) is 0 Å². The summed E-state index contributed by atoms with van der Waals surface area (Å²) in [6, 6.07) is 25.2. The van der Waals surface area contributed by atoms with E-state index in [0.29, 0.717) is 0 Å². The molecule has 3 aromatic rings. The van der Waals surface area contributed by atoms with E-state index in [2.05, 4.69) is 67.6 Å². The van der Waals surface area contributed by atoms with Gasteiger partial charge in [-0.05, 0) is 46.9 Å². The number of benzene rings is 3. The summed E-state index contributed by atoms with van der Waals surface area (Å²) in [5.74, 6) is 0.894. The monoisotopic (exact) mass is 274 g/mol. The molecule has 1 nitrogen and oxygen atoms in total. The normalized spacial score (nSPS) is 10.4. The second kappa shape index (κ2) is 5.84. The Balaban J connectivity index is 2.28. The first-order chi connectivity index (χ1) is 10.3. The molecular weight excluding hydrogens is 256 g/mol. The van der Waals surface area contributed by atoms with Gasteiger partial charge < -0.3 is 4.74 Å². The first kappa shape index (κ1) is 13.4. The molecule has 0 aliphatic heterocycles. The third-order valence-electron chi connectivity index (χ3n) is 3.69. The van der Waals surface area contributed by atoms with Crippen LogP contribution < -0.4 is 4.74 Å². The molecule has 0 spiro atoms. The van der Waals surface area contributed by atoms with E-state index in [9.17, 15) is 0 Å². The Morgan fingerprint density at radius 3 is 1.86 bits per heavy atom. The third-order valence-corrected chi connectivity index (χ3v) is 3.69. The van der Waals surface area contributed by atoms with Gasteiger partial charge in [0.05, 0.1) is 7.11 Å². The summed E-state index contributed by atoms with van der Waals surface area (Å²) in [4.78, 5) is 0. The van der Waals surface area contributed by atoms with E-state index in [-0.39, 0.29) is 0 Å². The van der Waals surface area contributed by atoms with Crippen LogP contribution in [0.25, 0.3) is 22.3 Å². The molecular formula is C20H18O. The Morgan fingerprint density at radius 1 is 0.714 bits per heavy atom. The van der Waals surface area contributed by atoms with Gasteiger partial charge in [0.25, 0.3) is 0 Å². The molecule has 1 heteroatoms. The topological polar surface area (TPSA) is 9.23 Å². The molecule has 3 rings (SSSR count). The third kappa shape index (κ3) is 2.68. The fourth-order valence-corrected chi connectivity index (χ4v) is 2.71. The van der Waals surface area contributed by atoms with Crippen molar-refractivity contribution in [3.05, 3.63) is 78.4 Å². The lowest BCUT2D eigenvalue weighted by atomic mass is 9.91. The minimum Gasteiger partial charge on any atom is -0.497 e. The average molecular weight is 274 g/mol. The number of hydrogen-bond acceptors (Lipinski definition) is 1. The first-order valence-corrected chi connectivity index (χ1v) is 7.09. The molecule has 21 heavy (non-hydrogen) atoms. The van der Waals surface area contributed by atoms with Crippen molar-refractivity contribution in [2.45, 2.75) is 6.92 Å². The Morgan fingerprint density at radius 2 is 1.29 bits per heavy atom. The van der Waals surface area contributed by atoms with Gasteiger partial charge in [0.2, 0.25) is 0 Å². The van der Waals surface area contributed by atoms with Crippen molar-refractivity contribution in [2.24, 2.45) is 0 Å². The summed E-state index contributed by atoms with van der Waals surface area (Å²) in [7, 11) is 1.71. The van der Waals surface area contributed by atoms with E-state index in [1.165, 1.54) is 27.8 Å². The molecule has 0 aromatic heterocycles. The zero-order chi connectivity index (χ0) is 14.7. The molecule has 0 atom stereocenters. The quantitative estimate of drug-likeness (QED) is 0.626. The zero-order valence-electron chi connectivity index (χ0n) is 12.3. The van der Waals surface area contributed by atoms with E-state index in [4.69, 9.17) is 4.74 Å². The second-order valence-corrected chi connectivity index (χ2v) is 5.10. The van der Waals surface area contributed by atoms with Gasteiger partial charge in [0.15, 0.2) is 0 Å². The summed E-state index contributed by atoms with van der Waals surface area (Å²) in [5, 5.41) is 0. The predicted molar refractivity (Wildman–Crippen MR) is 88.6 cm³/mol. The summed E-state index contributed by atoms with van der Waals surface area (Å²) in [6.07, 6.45) is 0. The molecule has 0 saturated heterocycles. The first-order valence-electron chi connectivity index (χ1n) is 7.09. The summed E-state index contributed by atoms with van der Waals surface area (Å²) >= 11 is 0. The van der Waals surface area contributed by atoms with Crippen LogP contribution in [0.5, 0.6) is 5.75 Å².